The minimum atomic E-state index is -0.328. The number of aryl methyl sites for hydroxylation is 2. The van der Waals surface area contributed by atoms with Gasteiger partial charge in [-0.1, -0.05) is 41.3 Å². The van der Waals surface area contributed by atoms with E-state index >= 15 is 0 Å². The summed E-state index contributed by atoms with van der Waals surface area (Å²) in [6.45, 7) is 4.06. The van der Waals surface area contributed by atoms with Gasteiger partial charge in [-0.2, -0.15) is 0 Å². The SMILES string of the molecule is COC(=O)CSc1nnc(NC(=O)Cc2ccc(C)c(C)c2)s1. The van der Waals surface area contributed by atoms with Crippen LogP contribution in [0.15, 0.2) is 22.5 Å². The van der Waals surface area contributed by atoms with E-state index in [0.29, 0.717) is 9.47 Å². The molecule has 0 bridgehead atoms. The number of nitrogens with one attached hydrogen (secondary N) is 1. The number of hydrogen-bond donors (Lipinski definition) is 1. The number of rotatable bonds is 6. The van der Waals surface area contributed by atoms with Crippen molar-refractivity contribution in [1.29, 1.82) is 0 Å². The Morgan fingerprint density at radius 3 is 2.74 bits per heavy atom. The lowest BCUT2D eigenvalue weighted by Crippen LogP contribution is -2.14. The van der Waals surface area contributed by atoms with Crippen LogP contribution in [-0.2, 0) is 20.7 Å². The van der Waals surface area contributed by atoms with Crippen molar-refractivity contribution >= 4 is 40.1 Å². The first-order chi connectivity index (χ1) is 11.0. The van der Waals surface area contributed by atoms with Crippen LogP contribution in [0.3, 0.4) is 0 Å². The number of benzene rings is 1. The molecule has 6 nitrogen and oxygen atoms in total. The molecule has 2 aromatic rings. The summed E-state index contributed by atoms with van der Waals surface area (Å²) in [5, 5.41) is 11.0. The summed E-state index contributed by atoms with van der Waals surface area (Å²) in [6, 6.07) is 5.96. The van der Waals surface area contributed by atoms with Crippen molar-refractivity contribution in [2.24, 2.45) is 0 Å². The molecule has 0 aliphatic carbocycles. The maximum absolute atomic E-state index is 12.0. The highest BCUT2D eigenvalue weighted by molar-refractivity contribution is 8.01. The Morgan fingerprint density at radius 2 is 2.04 bits per heavy atom. The number of esters is 1. The molecule has 8 heteroatoms. The van der Waals surface area contributed by atoms with Crippen molar-refractivity contribution < 1.29 is 14.3 Å². The summed E-state index contributed by atoms with van der Waals surface area (Å²) >= 11 is 2.46. The highest BCUT2D eigenvalue weighted by atomic mass is 32.2. The highest BCUT2D eigenvalue weighted by Gasteiger charge is 2.11. The van der Waals surface area contributed by atoms with Crippen molar-refractivity contribution in [2.75, 3.05) is 18.2 Å². The fourth-order valence-corrected chi connectivity index (χ4v) is 3.36. The number of ether oxygens (including phenoxy) is 1. The lowest BCUT2D eigenvalue weighted by Gasteiger charge is -2.05. The Morgan fingerprint density at radius 1 is 1.26 bits per heavy atom. The van der Waals surface area contributed by atoms with Crippen LogP contribution >= 0.6 is 23.1 Å². The van der Waals surface area contributed by atoms with E-state index in [-0.39, 0.29) is 24.1 Å². The third-order valence-corrected chi connectivity index (χ3v) is 5.08. The van der Waals surface area contributed by atoms with E-state index in [1.807, 2.05) is 32.0 Å². The molecular formula is C15H17N3O3S2. The molecule has 0 unspecified atom stereocenters. The first-order valence-corrected chi connectivity index (χ1v) is 8.67. The second-order valence-electron chi connectivity index (χ2n) is 4.88. The van der Waals surface area contributed by atoms with Crippen LogP contribution in [0.25, 0.3) is 0 Å². The van der Waals surface area contributed by atoms with Crippen molar-refractivity contribution in [3.05, 3.63) is 34.9 Å². The lowest BCUT2D eigenvalue weighted by molar-refractivity contribution is -0.137. The van der Waals surface area contributed by atoms with Crippen LogP contribution < -0.4 is 5.32 Å². The fraction of sp³-hybridized carbons (Fsp3) is 0.333. The average Bonchev–Trinajstić information content (AvgIpc) is 2.95. The Kier molecular flexibility index (Phi) is 6.12. The summed E-state index contributed by atoms with van der Waals surface area (Å²) < 4.78 is 5.16. The molecule has 1 heterocycles. The number of carbonyl (C=O) groups excluding carboxylic acids is 2. The quantitative estimate of drug-likeness (QED) is 0.489. The number of anilines is 1. The van der Waals surface area contributed by atoms with E-state index < -0.39 is 0 Å². The van der Waals surface area contributed by atoms with Crippen molar-refractivity contribution in [1.82, 2.24) is 10.2 Å². The van der Waals surface area contributed by atoms with Crippen molar-refractivity contribution in [3.63, 3.8) is 0 Å². The lowest BCUT2D eigenvalue weighted by atomic mass is 10.0. The van der Waals surface area contributed by atoms with Crippen LogP contribution in [-0.4, -0.2) is 34.9 Å². The monoisotopic (exact) mass is 351 g/mol. The van der Waals surface area contributed by atoms with Gasteiger partial charge in [0, 0.05) is 0 Å². The molecule has 0 saturated carbocycles. The molecule has 2 rings (SSSR count). The maximum atomic E-state index is 12.0. The summed E-state index contributed by atoms with van der Waals surface area (Å²) in [5.41, 5.74) is 3.31. The van der Waals surface area contributed by atoms with E-state index in [0.717, 1.165) is 11.1 Å². The Bertz CT molecular complexity index is 716. The van der Waals surface area contributed by atoms with Crippen LogP contribution in [0.1, 0.15) is 16.7 Å². The Hall–Kier alpha value is -1.93. The first-order valence-electron chi connectivity index (χ1n) is 6.87. The molecule has 0 atom stereocenters. The van der Waals surface area contributed by atoms with Gasteiger partial charge in [0.2, 0.25) is 11.0 Å². The van der Waals surface area contributed by atoms with Gasteiger partial charge in [0.05, 0.1) is 19.3 Å². The normalized spacial score (nSPS) is 10.4. The summed E-state index contributed by atoms with van der Waals surface area (Å²) in [6.07, 6.45) is 0.283. The molecule has 1 aromatic carbocycles. The molecule has 1 aromatic heterocycles. The zero-order valence-electron chi connectivity index (χ0n) is 13.1. The highest BCUT2D eigenvalue weighted by Crippen LogP contribution is 2.25. The smallest absolute Gasteiger partial charge is 0.316 e. The molecular weight excluding hydrogens is 334 g/mol. The number of methoxy groups -OCH3 is 1. The fourth-order valence-electron chi connectivity index (χ4n) is 1.76. The van der Waals surface area contributed by atoms with Crippen LogP contribution in [0.2, 0.25) is 0 Å². The average molecular weight is 351 g/mol. The predicted molar refractivity (Wildman–Crippen MR) is 90.9 cm³/mol. The zero-order chi connectivity index (χ0) is 16.8. The number of aromatic nitrogens is 2. The van der Waals surface area contributed by atoms with E-state index in [1.54, 1.807) is 0 Å². The van der Waals surface area contributed by atoms with Gasteiger partial charge in [0.15, 0.2) is 4.34 Å². The van der Waals surface area contributed by atoms with Crippen LogP contribution in [0.4, 0.5) is 5.13 Å². The zero-order valence-corrected chi connectivity index (χ0v) is 14.7. The maximum Gasteiger partial charge on any atom is 0.316 e. The number of thioether (sulfide) groups is 1. The Balaban J connectivity index is 1.89. The molecule has 0 fully saturated rings. The molecule has 23 heavy (non-hydrogen) atoms. The molecule has 0 aliphatic rings. The van der Waals surface area contributed by atoms with Gasteiger partial charge in [-0.3, -0.25) is 9.59 Å². The molecule has 1 N–H and O–H groups in total. The number of carbonyl (C=O) groups is 2. The second-order valence-corrected chi connectivity index (χ2v) is 7.08. The first kappa shape index (κ1) is 17.4. The molecule has 0 radical (unpaired) electrons. The molecule has 0 aliphatic heterocycles. The summed E-state index contributed by atoms with van der Waals surface area (Å²) in [5.74, 6) is -0.304. The largest absolute Gasteiger partial charge is 0.468 e. The Labute approximate surface area is 142 Å². The van der Waals surface area contributed by atoms with Crippen LogP contribution in [0, 0.1) is 13.8 Å². The van der Waals surface area contributed by atoms with Crippen LogP contribution in [0.5, 0.6) is 0 Å². The third kappa shape index (κ3) is 5.33. The van der Waals surface area contributed by atoms with Gasteiger partial charge in [0.1, 0.15) is 0 Å². The van der Waals surface area contributed by atoms with Gasteiger partial charge < -0.3 is 10.1 Å². The summed E-state index contributed by atoms with van der Waals surface area (Å²) in [7, 11) is 1.33. The van der Waals surface area contributed by atoms with E-state index in [9.17, 15) is 9.59 Å². The summed E-state index contributed by atoms with van der Waals surface area (Å²) in [4.78, 5) is 23.1. The van der Waals surface area contributed by atoms with E-state index in [2.05, 4.69) is 20.3 Å². The number of nitrogens with zero attached hydrogens (tertiary/aromatic N) is 2. The van der Waals surface area contributed by atoms with Gasteiger partial charge in [-0.15, -0.1) is 10.2 Å². The minimum absolute atomic E-state index is 0.145. The minimum Gasteiger partial charge on any atom is -0.468 e. The van der Waals surface area contributed by atoms with Crippen molar-refractivity contribution in [2.45, 2.75) is 24.6 Å². The molecule has 122 valence electrons. The standard InChI is InChI=1S/C15H17N3O3S2/c1-9-4-5-11(6-10(9)2)7-12(19)16-14-17-18-15(23-14)22-8-13(20)21-3/h4-6H,7-8H2,1-3H3,(H,16,17,19). The topological polar surface area (TPSA) is 81.2 Å². The van der Waals surface area contributed by atoms with Gasteiger partial charge >= 0.3 is 5.97 Å². The van der Waals surface area contributed by atoms with Crippen molar-refractivity contribution in [3.8, 4) is 0 Å². The van der Waals surface area contributed by atoms with Gasteiger partial charge in [-0.05, 0) is 30.5 Å². The molecule has 0 spiro atoms. The van der Waals surface area contributed by atoms with E-state index in [4.69, 9.17) is 0 Å². The predicted octanol–water partition coefficient (Wildman–Crippen LogP) is 2.60. The van der Waals surface area contributed by atoms with E-state index in [1.165, 1.54) is 35.8 Å². The third-order valence-electron chi connectivity index (χ3n) is 3.13. The molecule has 0 saturated heterocycles. The molecule has 1 amide bonds. The van der Waals surface area contributed by atoms with Gasteiger partial charge in [-0.25, -0.2) is 0 Å². The number of hydrogen-bond acceptors (Lipinski definition) is 7. The number of amides is 1. The second kappa shape index (κ2) is 8.07. The van der Waals surface area contributed by atoms with Gasteiger partial charge in [0.25, 0.3) is 0 Å².